The maximum absolute atomic E-state index is 12.0. The second kappa shape index (κ2) is 4.45. The highest BCUT2D eigenvalue weighted by Gasteiger charge is 2.18. The van der Waals surface area contributed by atoms with Crippen molar-refractivity contribution in [3.63, 3.8) is 0 Å². The number of H-pyrrole nitrogens is 1. The van der Waals surface area contributed by atoms with E-state index < -0.39 is 0 Å². The van der Waals surface area contributed by atoms with Gasteiger partial charge in [0.25, 0.3) is 5.91 Å². The molecule has 2 heterocycles. The summed E-state index contributed by atoms with van der Waals surface area (Å²) < 4.78 is 5.42. The Kier molecular flexibility index (Phi) is 2.99. The molecule has 17 heavy (non-hydrogen) atoms. The number of aromatic nitrogens is 2. The molecule has 0 spiro atoms. The van der Waals surface area contributed by atoms with Crippen LogP contribution in [-0.4, -0.2) is 16.1 Å². The normalized spacial score (nSPS) is 10.5. The van der Waals surface area contributed by atoms with Crippen molar-refractivity contribution in [2.45, 2.75) is 27.3 Å². The summed E-state index contributed by atoms with van der Waals surface area (Å²) in [5.41, 5.74) is 2.39. The largest absolute Gasteiger partial charge is 0.466 e. The number of rotatable bonds is 3. The summed E-state index contributed by atoms with van der Waals surface area (Å²) in [4.78, 5) is 12.0. The zero-order chi connectivity index (χ0) is 12.4. The Morgan fingerprint density at radius 2 is 2.18 bits per heavy atom. The van der Waals surface area contributed by atoms with Crippen LogP contribution in [0.3, 0.4) is 0 Å². The van der Waals surface area contributed by atoms with Crippen LogP contribution < -0.4 is 5.32 Å². The predicted octanol–water partition coefficient (Wildman–Crippen LogP) is 1.86. The highest BCUT2D eigenvalue weighted by atomic mass is 16.3. The van der Waals surface area contributed by atoms with Crippen LogP contribution in [0.15, 0.2) is 16.7 Å². The van der Waals surface area contributed by atoms with E-state index in [2.05, 4.69) is 15.5 Å². The summed E-state index contributed by atoms with van der Waals surface area (Å²) >= 11 is 0. The van der Waals surface area contributed by atoms with Gasteiger partial charge in [0.05, 0.1) is 17.8 Å². The molecule has 0 unspecified atom stereocenters. The van der Waals surface area contributed by atoms with Gasteiger partial charge in [0, 0.05) is 11.8 Å². The summed E-state index contributed by atoms with van der Waals surface area (Å²) in [5, 5.41) is 9.43. The van der Waals surface area contributed by atoms with E-state index in [1.807, 2.05) is 19.9 Å². The third-order valence-electron chi connectivity index (χ3n) is 2.79. The number of nitrogens with zero attached hydrogens (tertiary/aromatic N) is 1. The molecule has 90 valence electrons. The maximum atomic E-state index is 12.0. The number of hydrogen-bond acceptors (Lipinski definition) is 3. The van der Waals surface area contributed by atoms with E-state index >= 15 is 0 Å². The fraction of sp³-hybridized carbons (Fsp3) is 0.333. The fourth-order valence-corrected chi connectivity index (χ4v) is 1.77. The molecular weight excluding hydrogens is 218 g/mol. The topological polar surface area (TPSA) is 70.9 Å². The van der Waals surface area contributed by atoms with E-state index in [4.69, 9.17) is 4.42 Å². The lowest BCUT2D eigenvalue weighted by Gasteiger charge is -2.03. The molecule has 0 saturated heterocycles. The van der Waals surface area contributed by atoms with Gasteiger partial charge in [0.2, 0.25) is 0 Å². The molecule has 0 aliphatic carbocycles. The number of aromatic amines is 1. The number of carbonyl (C=O) groups is 1. The molecule has 1 amide bonds. The Morgan fingerprint density at radius 1 is 1.41 bits per heavy atom. The monoisotopic (exact) mass is 233 g/mol. The van der Waals surface area contributed by atoms with Crippen molar-refractivity contribution in [3.8, 4) is 0 Å². The minimum atomic E-state index is -0.119. The van der Waals surface area contributed by atoms with Crippen molar-refractivity contribution in [2.24, 2.45) is 0 Å². The van der Waals surface area contributed by atoms with Crippen LogP contribution >= 0.6 is 0 Å². The van der Waals surface area contributed by atoms with Gasteiger partial charge >= 0.3 is 0 Å². The van der Waals surface area contributed by atoms with Crippen molar-refractivity contribution in [2.75, 3.05) is 0 Å². The Hall–Kier alpha value is -2.04. The van der Waals surface area contributed by atoms with Gasteiger partial charge in [-0.2, -0.15) is 5.10 Å². The minimum Gasteiger partial charge on any atom is -0.466 e. The molecule has 2 aromatic heterocycles. The van der Waals surface area contributed by atoms with Crippen LogP contribution in [0.2, 0.25) is 0 Å². The smallest absolute Gasteiger partial charge is 0.255 e. The SMILES string of the molecule is Cc1oc(C)c(C(=O)NCc2ccn[nH]2)c1C. The molecule has 0 bridgehead atoms. The molecule has 0 radical (unpaired) electrons. The first-order valence-corrected chi connectivity index (χ1v) is 5.42. The number of aryl methyl sites for hydroxylation is 2. The summed E-state index contributed by atoms with van der Waals surface area (Å²) in [7, 11) is 0. The van der Waals surface area contributed by atoms with Gasteiger partial charge in [-0.15, -0.1) is 0 Å². The van der Waals surface area contributed by atoms with E-state index in [1.54, 1.807) is 13.1 Å². The summed E-state index contributed by atoms with van der Waals surface area (Å²) in [6.07, 6.45) is 1.65. The molecule has 0 aliphatic rings. The molecule has 2 aromatic rings. The first-order valence-electron chi connectivity index (χ1n) is 5.42. The van der Waals surface area contributed by atoms with E-state index in [9.17, 15) is 4.79 Å². The maximum Gasteiger partial charge on any atom is 0.255 e. The van der Waals surface area contributed by atoms with Gasteiger partial charge in [0.1, 0.15) is 11.5 Å². The lowest BCUT2D eigenvalue weighted by molar-refractivity contribution is 0.0948. The van der Waals surface area contributed by atoms with E-state index in [0.717, 1.165) is 17.0 Å². The molecule has 5 heteroatoms. The van der Waals surface area contributed by atoms with Gasteiger partial charge in [-0.1, -0.05) is 0 Å². The molecule has 0 saturated carbocycles. The molecule has 5 nitrogen and oxygen atoms in total. The third kappa shape index (κ3) is 2.22. The Bertz CT molecular complexity index is 526. The van der Waals surface area contributed by atoms with Crippen molar-refractivity contribution < 1.29 is 9.21 Å². The highest BCUT2D eigenvalue weighted by molar-refractivity contribution is 5.96. The van der Waals surface area contributed by atoms with Crippen LogP contribution in [0.25, 0.3) is 0 Å². The summed E-state index contributed by atoms with van der Waals surface area (Å²) in [5.74, 6) is 1.32. The number of nitrogens with one attached hydrogen (secondary N) is 2. The summed E-state index contributed by atoms with van der Waals surface area (Å²) in [6.45, 7) is 5.97. The minimum absolute atomic E-state index is 0.119. The van der Waals surface area contributed by atoms with E-state index in [-0.39, 0.29) is 5.91 Å². The van der Waals surface area contributed by atoms with Crippen LogP contribution in [0.4, 0.5) is 0 Å². The summed E-state index contributed by atoms with van der Waals surface area (Å²) in [6, 6.07) is 1.82. The quantitative estimate of drug-likeness (QED) is 0.850. The molecule has 2 N–H and O–H groups in total. The second-order valence-electron chi connectivity index (χ2n) is 3.98. The van der Waals surface area contributed by atoms with Gasteiger partial charge in [-0.05, 0) is 26.8 Å². The van der Waals surface area contributed by atoms with Gasteiger partial charge < -0.3 is 9.73 Å². The second-order valence-corrected chi connectivity index (χ2v) is 3.98. The lowest BCUT2D eigenvalue weighted by atomic mass is 10.1. The average molecular weight is 233 g/mol. The van der Waals surface area contributed by atoms with Crippen molar-refractivity contribution in [1.29, 1.82) is 0 Å². The Labute approximate surface area is 99.2 Å². The lowest BCUT2D eigenvalue weighted by Crippen LogP contribution is -2.24. The molecular formula is C12H15N3O2. The standard InChI is InChI=1S/C12H15N3O2/c1-7-8(2)17-9(3)11(7)12(16)13-6-10-4-5-14-15-10/h4-5H,6H2,1-3H3,(H,13,16)(H,14,15). The molecule has 0 atom stereocenters. The Balaban J connectivity index is 2.10. The van der Waals surface area contributed by atoms with Gasteiger partial charge in [0.15, 0.2) is 0 Å². The van der Waals surface area contributed by atoms with E-state index in [1.165, 1.54) is 0 Å². The van der Waals surface area contributed by atoms with Crippen molar-refractivity contribution >= 4 is 5.91 Å². The number of furan rings is 1. The zero-order valence-electron chi connectivity index (χ0n) is 10.1. The predicted molar refractivity (Wildman–Crippen MR) is 62.7 cm³/mol. The van der Waals surface area contributed by atoms with Crippen molar-refractivity contribution in [3.05, 3.63) is 40.6 Å². The third-order valence-corrected chi connectivity index (χ3v) is 2.79. The van der Waals surface area contributed by atoms with Crippen molar-refractivity contribution in [1.82, 2.24) is 15.5 Å². The first-order chi connectivity index (χ1) is 8.09. The van der Waals surface area contributed by atoms with Gasteiger partial charge in [-0.3, -0.25) is 9.89 Å². The van der Waals surface area contributed by atoms with Crippen LogP contribution in [-0.2, 0) is 6.54 Å². The molecule has 0 fully saturated rings. The zero-order valence-corrected chi connectivity index (χ0v) is 10.1. The number of carbonyl (C=O) groups excluding carboxylic acids is 1. The molecule has 0 aliphatic heterocycles. The van der Waals surface area contributed by atoms with Crippen LogP contribution in [0, 0.1) is 20.8 Å². The van der Waals surface area contributed by atoms with Gasteiger partial charge in [-0.25, -0.2) is 0 Å². The van der Waals surface area contributed by atoms with Crippen LogP contribution in [0.5, 0.6) is 0 Å². The fourth-order valence-electron chi connectivity index (χ4n) is 1.77. The first kappa shape index (κ1) is 11.4. The molecule has 0 aromatic carbocycles. The number of hydrogen-bond donors (Lipinski definition) is 2. The van der Waals surface area contributed by atoms with E-state index in [0.29, 0.717) is 17.9 Å². The average Bonchev–Trinajstić information content (AvgIpc) is 2.86. The highest BCUT2D eigenvalue weighted by Crippen LogP contribution is 2.20. The van der Waals surface area contributed by atoms with Crippen LogP contribution in [0.1, 0.15) is 33.1 Å². The number of amides is 1. The Morgan fingerprint density at radius 3 is 2.71 bits per heavy atom. The molecule has 2 rings (SSSR count).